The Hall–Kier alpha value is -3.97. The summed E-state index contributed by atoms with van der Waals surface area (Å²) in [4.78, 5) is 26.9. The predicted octanol–water partition coefficient (Wildman–Crippen LogP) is 6.89. The first-order chi connectivity index (χ1) is 24.2. The smallest absolute Gasteiger partial charge is 0.406 e. The number of likely N-dealkylation sites (tertiary alicyclic amines) is 1. The van der Waals surface area contributed by atoms with Crippen LogP contribution in [0.5, 0.6) is 5.75 Å². The number of nitrogens with zero attached hydrogens (tertiary/aromatic N) is 1. The largest absolute Gasteiger partial charge is 0.573 e. The summed E-state index contributed by atoms with van der Waals surface area (Å²) in [5, 5.41) is 29.9. The normalized spacial score (nSPS) is 17.7. The highest BCUT2D eigenvalue weighted by Gasteiger charge is 2.40. The van der Waals surface area contributed by atoms with Crippen LogP contribution < -0.4 is 20.7 Å². The molecule has 284 valence electrons. The summed E-state index contributed by atoms with van der Waals surface area (Å²) in [5.41, 5.74) is 1.98. The Morgan fingerprint density at radius 3 is 1.48 bits per heavy atom. The topological polar surface area (TPSA) is 123 Å². The van der Waals surface area contributed by atoms with Crippen molar-refractivity contribution in [1.82, 2.24) is 10.2 Å². The van der Waals surface area contributed by atoms with Crippen LogP contribution in [0.2, 0.25) is 0 Å². The van der Waals surface area contributed by atoms with E-state index in [1.54, 1.807) is 12.1 Å². The summed E-state index contributed by atoms with van der Waals surface area (Å²) in [6, 6.07) is 21.1. The predicted molar refractivity (Wildman–Crippen MR) is 197 cm³/mol. The molecule has 2 fully saturated rings. The minimum absolute atomic E-state index is 0.0131. The highest BCUT2D eigenvalue weighted by atomic mass is 19.4. The molecule has 0 unspecified atom stereocenters. The van der Waals surface area contributed by atoms with Gasteiger partial charge >= 0.3 is 6.36 Å². The van der Waals surface area contributed by atoms with Crippen molar-refractivity contribution in [2.45, 2.75) is 102 Å². The van der Waals surface area contributed by atoms with Gasteiger partial charge in [0.1, 0.15) is 17.0 Å². The van der Waals surface area contributed by atoms with Crippen LogP contribution in [-0.4, -0.2) is 70.7 Å². The molecule has 2 saturated heterocycles. The van der Waals surface area contributed by atoms with Crippen LogP contribution in [-0.2, 0) is 27.0 Å². The van der Waals surface area contributed by atoms with Gasteiger partial charge in [-0.1, -0.05) is 77.9 Å². The Labute approximate surface area is 304 Å². The van der Waals surface area contributed by atoms with Gasteiger partial charge in [0.2, 0.25) is 0 Å². The zero-order valence-electron chi connectivity index (χ0n) is 31.0. The van der Waals surface area contributed by atoms with Crippen LogP contribution in [0.3, 0.4) is 0 Å². The van der Waals surface area contributed by atoms with Gasteiger partial charge in [0.15, 0.2) is 0 Å². The second-order valence-electron chi connectivity index (χ2n) is 15.8. The van der Waals surface area contributed by atoms with Crippen LogP contribution in [0.4, 0.5) is 24.5 Å². The van der Waals surface area contributed by atoms with E-state index in [2.05, 4.69) is 67.1 Å². The van der Waals surface area contributed by atoms with E-state index in [-0.39, 0.29) is 35.3 Å². The van der Waals surface area contributed by atoms with Crippen LogP contribution in [0, 0.1) is 0 Å². The van der Waals surface area contributed by atoms with Crippen molar-refractivity contribution in [2.24, 2.45) is 0 Å². The highest BCUT2D eigenvalue weighted by molar-refractivity contribution is 5.97. The number of aliphatic hydroxyl groups is 2. The van der Waals surface area contributed by atoms with Crippen molar-refractivity contribution in [3.8, 4) is 5.75 Å². The number of hydrogen-bond acceptors (Lipinski definition) is 7. The molecule has 52 heavy (non-hydrogen) atoms. The maximum Gasteiger partial charge on any atom is 0.573 e. The summed E-state index contributed by atoms with van der Waals surface area (Å²) >= 11 is 0. The van der Waals surface area contributed by atoms with Gasteiger partial charge in [-0.15, -0.1) is 13.2 Å². The van der Waals surface area contributed by atoms with E-state index in [4.69, 9.17) is 0 Å². The van der Waals surface area contributed by atoms with Gasteiger partial charge in [0, 0.05) is 31.0 Å². The van der Waals surface area contributed by atoms with Crippen LogP contribution in [0.15, 0.2) is 72.8 Å². The van der Waals surface area contributed by atoms with Gasteiger partial charge in [0.25, 0.3) is 11.8 Å². The zero-order valence-corrected chi connectivity index (χ0v) is 31.0. The van der Waals surface area contributed by atoms with E-state index >= 15 is 0 Å². The summed E-state index contributed by atoms with van der Waals surface area (Å²) in [6.45, 7) is 15.6. The molecular formula is C40H53F3N4O5. The van der Waals surface area contributed by atoms with Crippen molar-refractivity contribution in [1.29, 1.82) is 0 Å². The number of benzene rings is 3. The summed E-state index contributed by atoms with van der Waals surface area (Å²) in [7, 11) is 0. The first-order valence-electron chi connectivity index (χ1n) is 17.7. The van der Waals surface area contributed by atoms with Gasteiger partial charge in [-0.3, -0.25) is 14.5 Å². The lowest BCUT2D eigenvalue weighted by Gasteiger charge is -2.37. The third-order valence-corrected chi connectivity index (χ3v) is 9.54. The molecule has 0 saturated carbocycles. The molecule has 5 rings (SSSR count). The molecule has 0 spiro atoms. The number of rotatable bonds is 7. The summed E-state index contributed by atoms with van der Waals surface area (Å²) in [6.07, 6.45) is -3.26. The minimum atomic E-state index is -4.71. The molecule has 2 amide bonds. The third kappa shape index (κ3) is 11.8. The molecule has 0 aromatic heterocycles. The quantitative estimate of drug-likeness (QED) is 0.180. The second kappa shape index (κ2) is 16.4. The molecule has 0 radical (unpaired) electrons. The van der Waals surface area contributed by atoms with Crippen LogP contribution >= 0.6 is 0 Å². The van der Waals surface area contributed by atoms with E-state index in [0.29, 0.717) is 51.3 Å². The molecule has 3 aromatic carbocycles. The average Bonchev–Trinajstić information content (AvgIpc) is 3.06. The number of alkyl halides is 3. The highest BCUT2D eigenvalue weighted by Crippen LogP contribution is 2.29. The van der Waals surface area contributed by atoms with Crippen molar-refractivity contribution in [2.75, 3.05) is 36.8 Å². The Kier molecular flexibility index (Phi) is 12.8. The maximum atomic E-state index is 12.7. The van der Waals surface area contributed by atoms with Gasteiger partial charge in [-0.25, -0.2) is 0 Å². The number of hydrogen-bond donors (Lipinski definition) is 5. The van der Waals surface area contributed by atoms with Gasteiger partial charge in [-0.05, 0) is 103 Å². The van der Waals surface area contributed by atoms with E-state index in [1.165, 1.54) is 17.7 Å². The van der Waals surface area contributed by atoms with E-state index < -0.39 is 23.5 Å². The first-order valence-corrected chi connectivity index (χ1v) is 17.7. The number of amides is 2. The fourth-order valence-corrected chi connectivity index (χ4v) is 6.03. The molecule has 0 atom stereocenters. The lowest BCUT2D eigenvalue weighted by molar-refractivity contribution is -0.274. The molecule has 2 aliphatic rings. The van der Waals surface area contributed by atoms with Gasteiger partial charge < -0.3 is 30.9 Å². The van der Waals surface area contributed by atoms with E-state index in [0.717, 1.165) is 16.8 Å². The molecule has 9 nitrogen and oxygen atoms in total. The minimum Gasteiger partial charge on any atom is -0.406 e. The lowest BCUT2D eigenvalue weighted by Crippen LogP contribution is -2.51. The van der Waals surface area contributed by atoms with E-state index in [9.17, 15) is 33.0 Å². The van der Waals surface area contributed by atoms with Crippen molar-refractivity contribution in [3.63, 3.8) is 0 Å². The SMILES string of the molecule is CC(C)(C)c1ccc(NC(=O)C2(O)CCN(Cc3ccc(OC(F)(F)F)cc3)CC2)cc1.CC(C)(C)c1ccc(NC(=O)C2(O)CCNCC2)cc1. The number of halogens is 3. The Balaban J connectivity index is 0.000000259. The Morgan fingerprint density at radius 2 is 1.10 bits per heavy atom. The Bertz CT molecular complexity index is 1620. The fourth-order valence-electron chi connectivity index (χ4n) is 6.03. The molecule has 0 bridgehead atoms. The molecule has 12 heteroatoms. The Morgan fingerprint density at radius 1 is 0.692 bits per heavy atom. The van der Waals surface area contributed by atoms with Crippen molar-refractivity contribution < 1.29 is 37.7 Å². The molecule has 2 aliphatic heterocycles. The van der Waals surface area contributed by atoms with Crippen LogP contribution in [0.1, 0.15) is 83.9 Å². The first kappa shape index (κ1) is 40.8. The number of carbonyl (C=O) groups excluding carboxylic acids is 2. The van der Waals surface area contributed by atoms with Crippen molar-refractivity contribution >= 4 is 23.2 Å². The number of carbonyl (C=O) groups is 2. The summed E-state index contributed by atoms with van der Waals surface area (Å²) in [5.74, 6) is -0.988. The molecule has 5 N–H and O–H groups in total. The van der Waals surface area contributed by atoms with Crippen LogP contribution in [0.25, 0.3) is 0 Å². The number of nitrogens with one attached hydrogen (secondary N) is 3. The van der Waals surface area contributed by atoms with Gasteiger partial charge in [-0.2, -0.15) is 0 Å². The van der Waals surface area contributed by atoms with E-state index in [1.807, 2.05) is 48.5 Å². The second-order valence-corrected chi connectivity index (χ2v) is 15.8. The van der Waals surface area contributed by atoms with Crippen molar-refractivity contribution in [3.05, 3.63) is 89.5 Å². The molecule has 3 aromatic rings. The molecular weight excluding hydrogens is 673 g/mol. The standard InChI is InChI=1S/C24H29F3N2O3.C16H24N2O2/c1-22(2,3)18-6-8-19(9-7-18)28-21(30)23(31)12-14-29(15-13-23)16-17-4-10-20(11-5-17)32-24(25,26)27;1-15(2,3)12-4-6-13(7-5-12)18-14(19)16(20)8-10-17-11-9-16/h4-11,31H,12-16H2,1-3H3,(H,28,30);4-7,17,20H,8-11H2,1-3H3,(H,18,19). The van der Waals surface area contributed by atoms with Gasteiger partial charge in [0.05, 0.1) is 0 Å². The lowest BCUT2D eigenvalue weighted by atomic mass is 9.87. The molecule has 2 heterocycles. The zero-order chi connectivity index (χ0) is 38.4. The number of anilines is 2. The summed E-state index contributed by atoms with van der Waals surface area (Å²) < 4.78 is 40.7. The fraction of sp³-hybridized carbons (Fsp3) is 0.500. The number of ether oxygens (including phenoxy) is 1. The average molecular weight is 727 g/mol. The maximum absolute atomic E-state index is 12.7. The third-order valence-electron chi connectivity index (χ3n) is 9.54. The molecule has 0 aliphatic carbocycles. The number of piperidine rings is 2. The monoisotopic (exact) mass is 726 g/mol.